The van der Waals surface area contributed by atoms with Gasteiger partial charge in [0.1, 0.15) is 23.7 Å². The third kappa shape index (κ3) is 12.2. The Kier molecular flexibility index (Phi) is 16.3. The van der Waals surface area contributed by atoms with Crippen LogP contribution in [-0.2, 0) is 11.3 Å². The second-order valence-corrected chi connectivity index (χ2v) is 22.7. The molecule has 4 fully saturated rings. The van der Waals surface area contributed by atoms with Crippen LogP contribution in [0.15, 0.2) is 59.2 Å². The highest BCUT2D eigenvalue weighted by Crippen LogP contribution is 2.72. The number of aromatic carboxylic acids is 1. The van der Waals surface area contributed by atoms with E-state index in [4.69, 9.17) is 20.6 Å². The highest BCUT2D eigenvalue weighted by Gasteiger charge is 2.66. The number of anilines is 1. The molecular formula is C53H78N10O4S. The second-order valence-electron chi connectivity index (χ2n) is 21.7. The summed E-state index contributed by atoms with van der Waals surface area (Å²) in [6.07, 6.45) is 18.8. The lowest BCUT2D eigenvalue weighted by atomic mass is 9.39. The van der Waals surface area contributed by atoms with Crippen LogP contribution in [0, 0.1) is 28.6 Å². The number of thiazole rings is 1. The summed E-state index contributed by atoms with van der Waals surface area (Å²) in [6.45, 7) is 14.4. The Bertz CT molecular complexity index is 2410. The number of aliphatic hydroxyl groups is 1. The number of aliphatic hydroxyl groups excluding tert-OH is 1. The van der Waals surface area contributed by atoms with Gasteiger partial charge in [0.05, 0.1) is 28.6 Å². The minimum absolute atomic E-state index is 0.0257. The largest absolute Gasteiger partial charge is 0.476 e. The Morgan fingerprint density at radius 2 is 1.65 bits per heavy atom. The predicted molar refractivity (Wildman–Crippen MR) is 276 cm³/mol. The number of hydrogen-bond donors (Lipinski definition) is 4. The highest BCUT2D eigenvalue weighted by molar-refractivity contribution is 7.22. The van der Waals surface area contributed by atoms with E-state index in [-0.39, 0.29) is 39.2 Å². The number of aromatic nitrogens is 4. The Hall–Kier alpha value is -4.54. The highest BCUT2D eigenvalue weighted by atomic mass is 32.1. The maximum absolute atomic E-state index is 13.2. The smallest absolute Gasteiger partial charge is 0.355 e. The molecule has 3 heterocycles. The van der Waals surface area contributed by atoms with Crippen molar-refractivity contribution in [3.63, 3.8) is 0 Å². The Morgan fingerprint density at radius 3 is 2.35 bits per heavy atom. The molecule has 15 heteroatoms. The van der Waals surface area contributed by atoms with Gasteiger partial charge in [-0.25, -0.2) is 19.8 Å². The number of carboxylic acids is 1. The molecule has 4 aliphatic rings. The summed E-state index contributed by atoms with van der Waals surface area (Å²) in [7, 11) is 6.14. The number of para-hydroxylation sites is 1. The minimum Gasteiger partial charge on any atom is -0.476 e. The van der Waals surface area contributed by atoms with Crippen molar-refractivity contribution in [1.82, 2.24) is 29.5 Å². The minimum atomic E-state index is -1.15. The number of nitrogens with two attached hydrogens (primary N) is 1. The molecule has 370 valence electrons. The summed E-state index contributed by atoms with van der Waals surface area (Å²) in [6, 6.07) is 11.4. The fourth-order valence-electron chi connectivity index (χ4n) is 12.7. The molecule has 3 unspecified atom stereocenters. The molecule has 0 radical (unpaired) electrons. The number of nitrogens with one attached hydrogen (secondary N) is 1. The van der Waals surface area contributed by atoms with Gasteiger partial charge < -0.3 is 30.5 Å². The molecule has 3 aromatic heterocycles. The second kappa shape index (κ2) is 21.6. The van der Waals surface area contributed by atoms with Gasteiger partial charge in [-0.15, -0.1) is 0 Å². The summed E-state index contributed by atoms with van der Waals surface area (Å²) >= 11 is 1.44. The number of likely N-dealkylation sites (N-methyl/N-ethyl adjacent to an activating group) is 1. The van der Waals surface area contributed by atoms with Crippen LogP contribution in [0.25, 0.3) is 21.3 Å². The fourth-order valence-corrected chi connectivity index (χ4v) is 13.5. The van der Waals surface area contributed by atoms with E-state index in [1.54, 1.807) is 30.2 Å². The zero-order chi connectivity index (χ0) is 48.9. The number of fused-ring (bicyclic) bond motifs is 1. The van der Waals surface area contributed by atoms with E-state index >= 15 is 0 Å². The van der Waals surface area contributed by atoms with Gasteiger partial charge in [-0.2, -0.15) is 5.10 Å². The molecule has 0 spiro atoms. The molecule has 5 N–H and O–H groups in total. The first-order valence-corrected chi connectivity index (χ1v) is 25.8. The number of aliphatic imine (C=N–C) groups is 1. The van der Waals surface area contributed by atoms with Crippen LogP contribution in [0.2, 0.25) is 0 Å². The van der Waals surface area contributed by atoms with E-state index in [1.807, 2.05) is 49.2 Å². The van der Waals surface area contributed by atoms with Gasteiger partial charge in [0, 0.05) is 43.0 Å². The van der Waals surface area contributed by atoms with Gasteiger partial charge in [0.2, 0.25) is 5.13 Å². The molecule has 3 atom stereocenters. The molecular weight excluding hydrogens is 873 g/mol. The molecule has 0 aliphatic heterocycles. The maximum atomic E-state index is 13.2. The van der Waals surface area contributed by atoms with Crippen LogP contribution >= 0.6 is 11.3 Å². The maximum Gasteiger partial charge on any atom is 0.355 e. The van der Waals surface area contributed by atoms with Crippen molar-refractivity contribution >= 4 is 50.1 Å². The molecule has 8 rings (SSSR count). The number of benzene rings is 1. The van der Waals surface area contributed by atoms with Crippen LogP contribution in [0.1, 0.15) is 140 Å². The molecule has 0 saturated heterocycles. The standard InChI is InChI=1S/C53H78N10O4S/c1-9-10-11-12-13-14-21-45(64)61(8)24-17-18-25-62(43(54)28-37(2)47(55)59-49-57-41-19-15-16-20-42(41)68-49)44-23-22-39(46(58-44)48(65)66)40-29-56-63(38(40)3)36-52-31-50(4)30-51(5,32-52)34-53(33-50,35-52)67-27-26-60(6)7/h15-16,19-20,22-23,28-29,45,54,64H,9-14,17-18,21,24-27,30-36H2,1-8H3,(H,65,66)(H2,55,57,59)/b37-28-,54-43?. The Morgan fingerprint density at radius 1 is 0.941 bits per heavy atom. The first-order valence-electron chi connectivity index (χ1n) is 25.0. The van der Waals surface area contributed by atoms with Gasteiger partial charge in [-0.1, -0.05) is 76.3 Å². The van der Waals surface area contributed by atoms with E-state index in [9.17, 15) is 20.4 Å². The molecule has 14 nitrogen and oxygen atoms in total. The van der Waals surface area contributed by atoms with Crippen LogP contribution in [0.3, 0.4) is 0 Å². The molecule has 0 amide bonds. The predicted octanol–water partition coefficient (Wildman–Crippen LogP) is 10.5. The Balaban J connectivity index is 1.11. The van der Waals surface area contributed by atoms with Crippen molar-refractivity contribution in [3.8, 4) is 11.1 Å². The van der Waals surface area contributed by atoms with E-state index in [0.29, 0.717) is 41.6 Å². The average Bonchev–Trinajstić information content (AvgIpc) is 3.84. The number of carbonyl (C=O) groups is 1. The first kappa shape index (κ1) is 51.3. The molecule has 4 aliphatic carbocycles. The van der Waals surface area contributed by atoms with Gasteiger partial charge in [-0.05, 0) is 151 Å². The number of carboxylic acid groups (broad SMARTS) is 1. The number of pyridine rings is 1. The lowest BCUT2D eigenvalue weighted by Gasteiger charge is -2.69. The van der Waals surface area contributed by atoms with Crippen molar-refractivity contribution in [2.75, 3.05) is 52.3 Å². The third-order valence-corrected chi connectivity index (χ3v) is 15.8. The van der Waals surface area contributed by atoms with Gasteiger partial charge in [-0.3, -0.25) is 15.0 Å². The van der Waals surface area contributed by atoms with Crippen LogP contribution < -0.4 is 10.6 Å². The number of unbranched alkanes of at least 4 members (excludes halogenated alkanes) is 6. The SMILES string of the molecule is CCCCCCCCC(O)N(C)CCCCN(C(=N)/C=C(C)\C(N)=N\c1nc2ccccc2s1)c1ccc(-c2cnn(CC34CC5(C)CC(C)(C3)CC(OCCN(C)C)(C5)C4)c2C)c(C(=O)O)n1. The molecule has 4 saturated carbocycles. The quantitative estimate of drug-likeness (QED) is 0.0215. The van der Waals surface area contributed by atoms with Crippen LogP contribution in [0.4, 0.5) is 10.9 Å². The lowest BCUT2D eigenvalue weighted by molar-refractivity contribution is -0.248. The summed E-state index contributed by atoms with van der Waals surface area (Å²) in [5.41, 5.74) is 10.3. The molecule has 68 heavy (non-hydrogen) atoms. The van der Waals surface area contributed by atoms with Crippen LogP contribution in [0.5, 0.6) is 0 Å². The summed E-state index contributed by atoms with van der Waals surface area (Å²) < 4.78 is 9.99. The van der Waals surface area contributed by atoms with Gasteiger partial charge in [0.25, 0.3) is 0 Å². The molecule has 1 aromatic carbocycles. The van der Waals surface area contributed by atoms with Crippen molar-refractivity contribution in [2.45, 2.75) is 149 Å². The Labute approximate surface area is 408 Å². The van der Waals surface area contributed by atoms with Crippen molar-refractivity contribution in [3.05, 3.63) is 65.6 Å². The van der Waals surface area contributed by atoms with Crippen molar-refractivity contribution in [2.24, 2.45) is 27.0 Å². The summed E-state index contributed by atoms with van der Waals surface area (Å²) in [5.74, 6) is -0.471. The number of hydrogen-bond acceptors (Lipinski definition) is 11. The number of ether oxygens (including phenoxy) is 1. The van der Waals surface area contributed by atoms with Crippen molar-refractivity contribution < 1.29 is 19.7 Å². The van der Waals surface area contributed by atoms with E-state index in [0.717, 1.165) is 99.0 Å². The summed E-state index contributed by atoms with van der Waals surface area (Å²) in [4.78, 5) is 33.1. The topological polar surface area (TPSA) is 182 Å². The summed E-state index contributed by atoms with van der Waals surface area (Å²) in [5, 5.41) is 36.5. The van der Waals surface area contributed by atoms with Gasteiger partial charge >= 0.3 is 5.97 Å². The molecule has 4 aromatic rings. The first-order chi connectivity index (χ1) is 32.3. The van der Waals surface area contributed by atoms with Crippen molar-refractivity contribution in [1.29, 1.82) is 5.41 Å². The van der Waals surface area contributed by atoms with E-state index in [2.05, 4.69) is 54.4 Å². The zero-order valence-corrected chi connectivity index (χ0v) is 42.9. The lowest BCUT2D eigenvalue weighted by Crippen LogP contribution is -2.64. The monoisotopic (exact) mass is 951 g/mol. The number of amidine groups is 2. The van der Waals surface area contributed by atoms with E-state index in [1.165, 1.54) is 43.4 Å². The molecule has 4 bridgehead atoms. The third-order valence-electron chi connectivity index (χ3n) is 14.9. The normalized spacial score (nSPS) is 24.2. The van der Waals surface area contributed by atoms with Gasteiger partial charge in [0.15, 0.2) is 5.69 Å². The van der Waals surface area contributed by atoms with E-state index < -0.39 is 12.2 Å². The number of nitrogens with zero attached hydrogens (tertiary/aromatic N) is 8. The van der Waals surface area contributed by atoms with Crippen LogP contribution in [-0.4, -0.2) is 117 Å². The average molecular weight is 951 g/mol. The zero-order valence-electron chi connectivity index (χ0n) is 42.1. The fraction of sp³-hybridized carbons (Fsp3) is 0.623. The number of rotatable bonds is 25.